The van der Waals surface area contributed by atoms with Crippen molar-refractivity contribution < 1.29 is 4.92 Å². The second kappa shape index (κ2) is 7.54. The fourth-order valence-electron chi connectivity index (χ4n) is 3.19. The molecule has 0 aliphatic carbocycles. The van der Waals surface area contributed by atoms with Gasteiger partial charge in [-0.1, -0.05) is 0 Å². The first kappa shape index (κ1) is 17.2. The van der Waals surface area contributed by atoms with Crippen LogP contribution < -0.4 is 4.90 Å². The third-order valence-corrected chi connectivity index (χ3v) is 4.44. The van der Waals surface area contributed by atoms with Crippen LogP contribution in [0.4, 0.5) is 11.4 Å². The summed E-state index contributed by atoms with van der Waals surface area (Å²) in [6.45, 7) is 1.65. The van der Waals surface area contributed by atoms with Gasteiger partial charge in [0.05, 0.1) is 10.6 Å². The molecule has 130 valence electrons. The molecule has 1 aromatic heterocycles. The maximum Gasteiger partial charge on any atom is 0.294 e. The van der Waals surface area contributed by atoms with E-state index in [0.717, 1.165) is 32.4 Å². The maximum absolute atomic E-state index is 11.6. The summed E-state index contributed by atoms with van der Waals surface area (Å²) >= 11 is 0. The number of rotatable bonds is 4. The molecule has 1 fully saturated rings. The zero-order chi connectivity index (χ0) is 18.5. The molecule has 1 aliphatic rings. The standard InChI is InChI=1S/C19H17N5O2/c20-13-15(14-21)11-16-5-4-10-23(16)17-6-7-18(19(12-17)24(25)26)22-8-2-1-3-9-22/h4-7,10-12H,1-3,8-9H2. The van der Waals surface area contributed by atoms with Gasteiger partial charge in [-0.15, -0.1) is 0 Å². The molecule has 1 aliphatic heterocycles. The fourth-order valence-corrected chi connectivity index (χ4v) is 3.19. The van der Waals surface area contributed by atoms with Crippen molar-refractivity contribution >= 4 is 17.5 Å². The van der Waals surface area contributed by atoms with Gasteiger partial charge in [0.2, 0.25) is 0 Å². The molecule has 0 spiro atoms. The van der Waals surface area contributed by atoms with Gasteiger partial charge < -0.3 is 9.47 Å². The minimum absolute atomic E-state index is 0.0237. The van der Waals surface area contributed by atoms with Gasteiger partial charge in [-0.2, -0.15) is 10.5 Å². The number of piperidine rings is 1. The van der Waals surface area contributed by atoms with E-state index < -0.39 is 0 Å². The van der Waals surface area contributed by atoms with Crippen LogP contribution in [0.15, 0.2) is 42.1 Å². The van der Waals surface area contributed by atoms with Crippen LogP contribution in [0, 0.1) is 32.8 Å². The van der Waals surface area contributed by atoms with E-state index in [2.05, 4.69) is 4.90 Å². The number of nitrogens with zero attached hydrogens (tertiary/aromatic N) is 5. The molecular formula is C19H17N5O2. The highest BCUT2D eigenvalue weighted by atomic mass is 16.6. The molecule has 7 heteroatoms. The van der Waals surface area contributed by atoms with Crippen molar-refractivity contribution in [3.05, 3.63) is 57.9 Å². The highest BCUT2D eigenvalue weighted by molar-refractivity contribution is 5.68. The van der Waals surface area contributed by atoms with E-state index in [4.69, 9.17) is 10.5 Å². The van der Waals surface area contributed by atoms with E-state index >= 15 is 0 Å². The highest BCUT2D eigenvalue weighted by Gasteiger charge is 2.22. The summed E-state index contributed by atoms with van der Waals surface area (Å²) in [6.07, 6.45) is 6.44. The van der Waals surface area contributed by atoms with Gasteiger partial charge in [0.25, 0.3) is 5.69 Å². The Morgan fingerprint density at radius 3 is 2.54 bits per heavy atom. The van der Waals surface area contributed by atoms with Gasteiger partial charge in [0, 0.05) is 31.0 Å². The first-order valence-corrected chi connectivity index (χ1v) is 8.37. The van der Waals surface area contributed by atoms with Crippen LogP contribution in [0.5, 0.6) is 0 Å². The van der Waals surface area contributed by atoms with Crippen LogP contribution >= 0.6 is 0 Å². The summed E-state index contributed by atoms with van der Waals surface area (Å²) in [6, 6.07) is 12.3. The summed E-state index contributed by atoms with van der Waals surface area (Å²) < 4.78 is 1.72. The Hall–Kier alpha value is -3.58. The van der Waals surface area contributed by atoms with Crippen LogP contribution in [0.1, 0.15) is 25.0 Å². The van der Waals surface area contributed by atoms with Gasteiger partial charge in [0.1, 0.15) is 23.4 Å². The van der Waals surface area contributed by atoms with Crippen molar-refractivity contribution in [2.75, 3.05) is 18.0 Å². The van der Waals surface area contributed by atoms with Gasteiger partial charge in [-0.3, -0.25) is 10.1 Å². The smallest absolute Gasteiger partial charge is 0.294 e. The molecule has 0 N–H and O–H groups in total. The number of nitriles is 2. The Bertz CT molecular complexity index is 924. The topological polar surface area (TPSA) is 98.9 Å². The number of aromatic nitrogens is 1. The number of nitro benzene ring substituents is 1. The lowest BCUT2D eigenvalue weighted by atomic mass is 10.1. The van der Waals surface area contributed by atoms with Crippen LogP contribution in [-0.4, -0.2) is 22.6 Å². The van der Waals surface area contributed by atoms with Crippen LogP contribution in [-0.2, 0) is 0 Å². The second-order valence-corrected chi connectivity index (χ2v) is 6.06. The Morgan fingerprint density at radius 2 is 1.88 bits per heavy atom. The van der Waals surface area contributed by atoms with Crippen molar-refractivity contribution in [3.63, 3.8) is 0 Å². The lowest BCUT2D eigenvalue weighted by Gasteiger charge is -2.28. The Morgan fingerprint density at radius 1 is 1.15 bits per heavy atom. The lowest BCUT2D eigenvalue weighted by molar-refractivity contribution is -0.384. The maximum atomic E-state index is 11.6. The first-order chi connectivity index (χ1) is 12.6. The van der Waals surface area contributed by atoms with E-state index in [1.165, 1.54) is 6.08 Å². The Kier molecular flexibility index (Phi) is 5.00. The first-order valence-electron chi connectivity index (χ1n) is 8.37. The van der Waals surface area contributed by atoms with Crippen molar-refractivity contribution in [1.82, 2.24) is 4.57 Å². The molecular weight excluding hydrogens is 330 g/mol. The number of hydrogen-bond acceptors (Lipinski definition) is 5. The van der Waals surface area contributed by atoms with Crippen molar-refractivity contribution in [2.24, 2.45) is 0 Å². The third kappa shape index (κ3) is 3.42. The molecule has 2 aromatic rings. The summed E-state index contributed by atoms with van der Waals surface area (Å²) in [4.78, 5) is 13.3. The van der Waals surface area contributed by atoms with Crippen molar-refractivity contribution in [1.29, 1.82) is 10.5 Å². The van der Waals surface area contributed by atoms with Crippen LogP contribution in [0.25, 0.3) is 11.8 Å². The zero-order valence-corrected chi connectivity index (χ0v) is 14.1. The third-order valence-electron chi connectivity index (χ3n) is 4.44. The summed E-state index contributed by atoms with van der Waals surface area (Å²) in [5, 5.41) is 29.5. The average molecular weight is 347 g/mol. The Labute approximate surface area is 151 Å². The molecule has 0 bridgehead atoms. The van der Waals surface area contributed by atoms with Gasteiger partial charge in [-0.05, 0) is 49.6 Å². The molecule has 7 nitrogen and oxygen atoms in total. The molecule has 0 atom stereocenters. The van der Waals surface area contributed by atoms with E-state index in [-0.39, 0.29) is 16.2 Å². The quantitative estimate of drug-likeness (QED) is 0.476. The van der Waals surface area contributed by atoms with Crippen LogP contribution in [0.2, 0.25) is 0 Å². The monoisotopic (exact) mass is 347 g/mol. The predicted octanol–water partition coefficient (Wildman–Crippen LogP) is 3.81. The minimum atomic E-state index is -0.359. The van der Waals surface area contributed by atoms with E-state index in [9.17, 15) is 10.1 Å². The predicted molar refractivity (Wildman–Crippen MR) is 97.7 cm³/mol. The van der Waals surface area contributed by atoms with Gasteiger partial charge >= 0.3 is 0 Å². The lowest BCUT2D eigenvalue weighted by Crippen LogP contribution is -2.29. The highest BCUT2D eigenvalue weighted by Crippen LogP contribution is 2.33. The number of allylic oxidation sites excluding steroid dienone is 1. The van der Waals surface area contributed by atoms with Crippen LogP contribution in [0.3, 0.4) is 0 Å². The number of anilines is 1. The zero-order valence-electron chi connectivity index (χ0n) is 14.1. The molecule has 2 heterocycles. The molecule has 3 rings (SSSR count). The number of hydrogen-bond donors (Lipinski definition) is 0. The molecule has 1 aromatic carbocycles. The van der Waals surface area contributed by atoms with Gasteiger partial charge in [0.15, 0.2) is 0 Å². The normalized spacial score (nSPS) is 13.5. The SMILES string of the molecule is N#CC(C#N)=Cc1cccn1-c1ccc(N2CCCCC2)c([N+](=O)[O-])c1. The summed E-state index contributed by atoms with van der Waals surface area (Å²) in [5.74, 6) is 0. The van der Waals surface area contributed by atoms with Gasteiger partial charge in [-0.25, -0.2) is 0 Å². The second-order valence-electron chi connectivity index (χ2n) is 6.06. The van der Waals surface area contributed by atoms with E-state index in [1.54, 1.807) is 35.0 Å². The fraction of sp³-hybridized carbons (Fsp3) is 0.263. The molecule has 0 radical (unpaired) electrons. The largest absolute Gasteiger partial charge is 0.366 e. The van der Waals surface area contributed by atoms with E-state index in [0.29, 0.717) is 17.1 Å². The molecule has 1 saturated heterocycles. The molecule has 0 amide bonds. The van der Waals surface area contributed by atoms with Crippen molar-refractivity contribution in [3.8, 4) is 17.8 Å². The number of benzene rings is 1. The minimum Gasteiger partial charge on any atom is -0.366 e. The van der Waals surface area contributed by atoms with E-state index in [1.807, 2.05) is 18.2 Å². The average Bonchev–Trinajstić information content (AvgIpc) is 3.14. The molecule has 0 unspecified atom stereocenters. The number of nitro groups is 1. The van der Waals surface area contributed by atoms with Crippen molar-refractivity contribution in [2.45, 2.75) is 19.3 Å². The molecule has 0 saturated carbocycles. The molecule has 26 heavy (non-hydrogen) atoms. The Balaban J connectivity index is 2.03. The summed E-state index contributed by atoms with van der Waals surface area (Å²) in [7, 11) is 0. The summed E-state index contributed by atoms with van der Waals surface area (Å²) in [5.41, 5.74) is 1.91.